The number of aromatic nitrogens is 2. The lowest BCUT2D eigenvalue weighted by Crippen LogP contribution is -2.54. The summed E-state index contributed by atoms with van der Waals surface area (Å²) in [5.41, 5.74) is -0.394. The molecule has 0 unspecified atom stereocenters. The standard InChI is InChI=1S/C28H37F3N6O4/c1-18-14-23(33-34-25(18)21-8-7-19(15-22(21)38)28(29,30)31)32-20-6-5-9-35(16-20)17-24(39)36-10-12-37(13-11-36)26(40)41-27(2,3)4/h7-8,14-15,20,38H,5-6,9-13,16-17H2,1-4H3,(H,32,33)/t20-/m1/s1. The third-order valence-electron chi connectivity index (χ3n) is 7.07. The van der Waals surface area contributed by atoms with Crippen LogP contribution in [0.15, 0.2) is 24.3 Å². The van der Waals surface area contributed by atoms with E-state index in [4.69, 9.17) is 4.74 Å². The van der Waals surface area contributed by atoms with Crippen molar-refractivity contribution in [2.75, 3.05) is 51.1 Å². The predicted octanol–water partition coefficient (Wildman–Crippen LogP) is 4.13. The fourth-order valence-electron chi connectivity index (χ4n) is 5.01. The Balaban J connectivity index is 1.30. The lowest BCUT2D eigenvalue weighted by molar-refractivity contribution is -0.137. The van der Waals surface area contributed by atoms with Gasteiger partial charge < -0.3 is 25.0 Å². The second-order valence-corrected chi connectivity index (χ2v) is 11.6. The van der Waals surface area contributed by atoms with Gasteiger partial charge in [0, 0.05) is 44.3 Å². The minimum Gasteiger partial charge on any atom is -0.507 e. The van der Waals surface area contributed by atoms with Gasteiger partial charge in [0.1, 0.15) is 17.2 Å². The Hall–Kier alpha value is -3.61. The largest absolute Gasteiger partial charge is 0.507 e. The highest BCUT2D eigenvalue weighted by Gasteiger charge is 2.32. The van der Waals surface area contributed by atoms with Crippen LogP contribution >= 0.6 is 0 Å². The molecule has 1 aromatic carbocycles. The number of phenols is 1. The van der Waals surface area contributed by atoms with Crippen molar-refractivity contribution in [2.45, 2.75) is 58.4 Å². The molecule has 0 spiro atoms. The molecule has 224 valence electrons. The topological polar surface area (TPSA) is 111 Å². The van der Waals surface area contributed by atoms with Crippen molar-refractivity contribution in [1.29, 1.82) is 0 Å². The molecule has 0 saturated carbocycles. The molecular formula is C28H37F3N6O4. The van der Waals surface area contributed by atoms with E-state index in [9.17, 15) is 27.9 Å². The highest BCUT2D eigenvalue weighted by molar-refractivity contribution is 5.79. The van der Waals surface area contributed by atoms with Gasteiger partial charge in [0.05, 0.1) is 17.8 Å². The Labute approximate surface area is 237 Å². The number of phenolic OH excluding ortho intramolecular Hbond substituents is 1. The number of likely N-dealkylation sites (tertiary alicyclic amines) is 1. The Kier molecular flexibility index (Phi) is 8.95. The molecule has 0 bridgehead atoms. The van der Waals surface area contributed by atoms with Crippen LogP contribution in [0.4, 0.5) is 23.8 Å². The Morgan fingerprint density at radius 2 is 1.73 bits per heavy atom. The quantitative estimate of drug-likeness (QED) is 0.545. The van der Waals surface area contributed by atoms with E-state index < -0.39 is 23.1 Å². The number of hydrogen-bond acceptors (Lipinski definition) is 8. The van der Waals surface area contributed by atoms with Crippen molar-refractivity contribution < 1.29 is 32.6 Å². The molecule has 2 aliphatic rings. The molecule has 0 radical (unpaired) electrons. The van der Waals surface area contributed by atoms with E-state index in [0.29, 0.717) is 55.9 Å². The summed E-state index contributed by atoms with van der Waals surface area (Å²) in [6.07, 6.45) is -3.15. The lowest BCUT2D eigenvalue weighted by atomic mass is 10.0. The molecular weight excluding hydrogens is 541 g/mol. The number of carbonyl (C=O) groups is 2. The number of alkyl halides is 3. The number of ether oxygens (including phenoxy) is 1. The summed E-state index contributed by atoms with van der Waals surface area (Å²) in [6.45, 7) is 10.7. The summed E-state index contributed by atoms with van der Waals surface area (Å²) >= 11 is 0. The highest BCUT2D eigenvalue weighted by Crippen LogP contribution is 2.37. The number of aromatic hydroxyl groups is 1. The first-order valence-corrected chi connectivity index (χ1v) is 13.7. The van der Waals surface area contributed by atoms with Crippen molar-refractivity contribution in [3.8, 4) is 17.0 Å². The molecule has 0 aliphatic carbocycles. The molecule has 1 atom stereocenters. The summed E-state index contributed by atoms with van der Waals surface area (Å²) in [6, 6.07) is 4.55. The Bertz CT molecular complexity index is 1260. The molecule has 10 nitrogen and oxygen atoms in total. The molecule has 2 amide bonds. The van der Waals surface area contributed by atoms with E-state index in [-0.39, 0.29) is 30.2 Å². The molecule has 3 heterocycles. The first-order chi connectivity index (χ1) is 19.2. The van der Waals surface area contributed by atoms with E-state index in [1.54, 1.807) is 22.8 Å². The summed E-state index contributed by atoms with van der Waals surface area (Å²) in [7, 11) is 0. The van der Waals surface area contributed by atoms with Crippen LogP contribution < -0.4 is 5.32 Å². The smallest absolute Gasteiger partial charge is 0.416 e. The fourth-order valence-corrected chi connectivity index (χ4v) is 5.01. The number of benzene rings is 1. The van der Waals surface area contributed by atoms with Crippen LogP contribution in [0.2, 0.25) is 0 Å². The van der Waals surface area contributed by atoms with Gasteiger partial charge >= 0.3 is 12.3 Å². The second-order valence-electron chi connectivity index (χ2n) is 11.6. The van der Waals surface area contributed by atoms with Gasteiger partial charge in [0.2, 0.25) is 5.91 Å². The van der Waals surface area contributed by atoms with Gasteiger partial charge in [-0.05, 0) is 76.9 Å². The maximum Gasteiger partial charge on any atom is 0.416 e. The minimum absolute atomic E-state index is 0.0193. The van der Waals surface area contributed by atoms with Crippen molar-refractivity contribution in [3.63, 3.8) is 0 Å². The fraction of sp³-hybridized carbons (Fsp3) is 0.571. The third kappa shape index (κ3) is 7.99. The molecule has 13 heteroatoms. The number of anilines is 1. The van der Waals surface area contributed by atoms with Gasteiger partial charge in [-0.1, -0.05) is 0 Å². The van der Waals surface area contributed by atoms with Gasteiger partial charge in [-0.15, -0.1) is 10.2 Å². The number of rotatable bonds is 5. The Morgan fingerprint density at radius 1 is 1.05 bits per heavy atom. The number of hydrogen-bond donors (Lipinski definition) is 2. The van der Waals surface area contributed by atoms with Crippen LogP contribution in [0.25, 0.3) is 11.3 Å². The molecule has 2 aromatic rings. The van der Waals surface area contributed by atoms with Gasteiger partial charge in [-0.25, -0.2) is 4.79 Å². The summed E-state index contributed by atoms with van der Waals surface area (Å²) in [5, 5.41) is 21.9. The van der Waals surface area contributed by atoms with Crippen molar-refractivity contribution >= 4 is 17.8 Å². The van der Waals surface area contributed by atoms with E-state index >= 15 is 0 Å². The number of nitrogens with zero attached hydrogens (tertiary/aromatic N) is 5. The maximum atomic E-state index is 13.0. The first-order valence-electron chi connectivity index (χ1n) is 13.7. The van der Waals surface area contributed by atoms with Gasteiger partial charge in [-0.2, -0.15) is 13.2 Å². The lowest BCUT2D eigenvalue weighted by Gasteiger charge is -2.38. The Morgan fingerprint density at radius 3 is 2.34 bits per heavy atom. The first kappa shape index (κ1) is 30.4. The number of nitrogens with one attached hydrogen (secondary N) is 1. The zero-order valence-corrected chi connectivity index (χ0v) is 23.8. The molecule has 2 saturated heterocycles. The summed E-state index contributed by atoms with van der Waals surface area (Å²) < 4.78 is 44.3. The van der Waals surface area contributed by atoms with E-state index in [2.05, 4.69) is 20.4 Å². The number of aryl methyl sites for hydroxylation is 1. The van der Waals surface area contributed by atoms with Crippen LogP contribution in [-0.4, -0.2) is 99.5 Å². The number of piperidine rings is 1. The maximum absolute atomic E-state index is 13.0. The number of carbonyl (C=O) groups excluding carboxylic acids is 2. The van der Waals surface area contributed by atoms with Crippen molar-refractivity contribution in [1.82, 2.24) is 24.9 Å². The normalized spacial score (nSPS) is 18.8. The zero-order valence-electron chi connectivity index (χ0n) is 23.8. The number of amides is 2. The third-order valence-corrected chi connectivity index (χ3v) is 7.07. The minimum atomic E-state index is -4.56. The van der Waals surface area contributed by atoms with E-state index in [1.165, 1.54) is 6.07 Å². The molecule has 4 rings (SSSR count). The summed E-state index contributed by atoms with van der Waals surface area (Å²) in [5.74, 6) is 0.0108. The number of piperazine rings is 1. The summed E-state index contributed by atoms with van der Waals surface area (Å²) in [4.78, 5) is 30.8. The second kappa shape index (κ2) is 12.1. The van der Waals surface area contributed by atoms with E-state index in [0.717, 1.165) is 25.5 Å². The average molecular weight is 579 g/mol. The van der Waals surface area contributed by atoms with E-state index in [1.807, 2.05) is 20.8 Å². The van der Waals surface area contributed by atoms with Gasteiger partial charge in [0.25, 0.3) is 0 Å². The molecule has 2 fully saturated rings. The SMILES string of the molecule is Cc1cc(N[C@@H]2CCCN(CC(=O)N3CCN(C(=O)OC(C)(C)C)CC3)C2)nnc1-c1ccc(C(F)(F)F)cc1O. The van der Waals surface area contributed by atoms with Gasteiger partial charge in [-0.3, -0.25) is 9.69 Å². The van der Waals surface area contributed by atoms with Crippen LogP contribution in [-0.2, 0) is 15.7 Å². The van der Waals surface area contributed by atoms with Crippen LogP contribution in [0.5, 0.6) is 5.75 Å². The highest BCUT2D eigenvalue weighted by atomic mass is 19.4. The zero-order chi connectivity index (χ0) is 29.9. The monoisotopic (exact) mass is 578 g/mol. The van der Waals surface area contributed by atoms with Crippen LogP contribution in [0.3, 0.4) is 0 Å². The number of halogens is 3. The average Bonchev–Trinajstić information content (AvgIpc) is 2.88. The molecule has 2 aliphatic heterocycles. The van der Waals surface area contributed by atoms with Crippen molar-refractivity contribution in [3.05, 3.63) is 35.4 Å². The molecule has 2 N–H and O–H groups in total. The molecule has 41 heavy (non-hydrogen) atoms. The molecule has 1 aromatic heterocycles. The van der Waals surface area contributed by atoms with Crippen LogP contribution in [0.1, 0.15) is 44.7 Å². The van der Waals surface area contributed by atoms with Crippen molar-refractivity contribution in [2.24, 2.45) is 0 Å². The predicted molar refractivity (Wildman–Crippen MR) is 146 cm³/mol. The van der Waals surface area contributed by atoms with Gasteiger partial charge in [0.15, 0.2) is 0 Å². The van der Waals surface area contributed by atoms with Crippen LogP contribution in [0, 0.1) is 6.92 Å².